The van der Waals surface area contributed by atoms with E-state index in [0.717, 1.165) is 19.1 Å². The van der Waals surface area contributed by atoms with E-state index >= 15 is 0 Å². The fourth-order valence-electron chi connectivity index (χ4n) is 1.44. The van der Waals surface area contributed by atoms with E-state index in [-0.39, 0.29) is 0 Å². The zero-order chi connectivity index (χ0) is 6.53. The molecular formula is C7H15BO. The molecule has 0 radical (unpaired) electrons. The molecule has 1 aliphatic heterocycles. The van der Waals surface area contributed by atoms with E-state index in [0.29, 0.717) is 0 Å². The van der Waals surface area contributed by atoms with Crippen LogP contribution in [-0.4, -0.2) is 21.1 Å². The number of hydrogen-bond donors (Lipinski definition) is 0. The van der Waals surface area contributed by atoms with Gasteiger partial charge in [-0.25, -0.2) is 0 Å². The van der Waals surface area contributed by atoms with E-state index in [1.165, 1.54) is 25.6 Å². The number of hydrogen-bond acceptors (Lipinski definition) is 1. The van der Waals surface area contributed by atoms with Crippen LogP contribution >= 0.6 is 0 Å². The van der Waals surface area contributed by atoms with Crippen molar-refractivity contribution >= 4 is 7.85 Å². The van der Waals surface area contributed by atoms with Crippen molar-refractivity contribution < 1.29 is 4.74 Å². The Hall–Kier alpha value is 0.0249. The minimum Gasteiger partial charge on any atom is -0.381 e. The molecule has 0 amide bonds. The topological polar surface area (TPSA) is 9.23 Å². The van der Waals surface area contributed by atoms with Gasteiger partial charge in [-0.3, -0.25) is 0 Å². The minimum atomic E-state index is 0.878. The van der Waals surface area contributed by atoms with Crippen molar-refractivity contribution in [2.45, 2.75) is 25.6 Å². The predicted octanol–water partition coefficient (Wildman–Crippen LogP) is 0.855. The molecule has 1 atom stereocenters. The molecular weight excluding hydrogens is 111 g/mol. The summed E-state index contributed by atoms with van der Waals surface area (Å²) in [5.41, 5.74) is 0. The van der Waals surface area contributed by atoms with Crippen molar-refractivity contribution in [2.24, 2.45) is 5.92 Å². The summed E-state index contributed by atoms with van der Waals surface area (Å²) < 4.78 is 5.33. The molecule has 1 unspecified atom stereocenters. The Kier molecular flexibility index (Phi) is 3.12. The van der Waals surface area contributed by atoms with Gasteiger partial charge in [-0.15, -0.1) is 0 Å². The normalized spacial score (nSPS) is 28.2. The molecule has 1 fully saturated rings. The van der Waals surface area contributed by atoms with Gasteiger partial charge in [0.05, 0.1) is 0 Å². The maximum atomic E-state index is 5.33. The second kappa shape index (κ2) is 3.94. The van der Waals surface area contributed by atoms with Gasteiger partial charge in [0.15, 0.2) is 0 Å². The van der Waals surface area contributed by atoms with Crippen LogP contribution in [0.3, 0.4) is 0 Å². The minimum absolute atomic E-state index is 0.878. The molecule has 2 heteroatoms. The standard InChI is InChI=1S/C7H15BO/c8-4-3-7-2-1-5-9-6-7/h7H,1-6,8H2. The smallest absolute Gasteiger partial charge is 0.101 e. The van der Waals surface area contributed by atoms with Gasteiger partial charge in [0, 0.05) is 13.2 Å². The van der Waals surface area contributed by atoms with Crippen LogP contribution in [0.15, 0.2) is 0 Å². The first-order valence-electron chi connectivity index (χ1n) is 4.01. The van der Waals surface area contributed by atoms with Crippen molar-refractivity contribution in [1.82, 2.24) is 0 Å². The van der Waals surface area contributed by atoms with Crippen molar-refractivity contribution in [1.29, 1.82) is 0 Å². The van der Waals surface area contributed by atoms with Crippen LogP contribution in [0.5, 0.6) is 0 Å². The Morgan fingerprint density at radius 3 is 3.00 bits per heavy atom. The highest BCUT2D eigenvalue weighted by molar-refractivity contribution is 6.08. The van der Waals surface area contributed by atoms with Crippen LogP contribution in [0.2, 0.25) is 6.32 Å². The monoisotopic (exact) mass is 126 g/mol. The zero-order valence-corrected chi connectivity index (χ0v) is 6.23. The second-order valence-electron chi connectivity index (χ2n) is 2.87. The van der Waals surface area contributed by atoms with Gasteiger partial charge in [0.25, 0.3) is 0 Å². The first-order chi connectivity index (χ1) is 4.43. The van der Waals surface area contributed by atoms with Crippen LogP contribution < -0.4 is 0 Å². The summed E-state index contributed by atoms with van der Waals surface area (Å²) in [5, 5.41) is 0. The summed E-state index contributed by atoms with van der Waals surface area (Å²) in [5.74, 6) is 0.878. The highest BCUT2D eigenvalue weighted by atomic mass is 16.5. The molecule has 0 N–H and O–H groups in total. The molecule has 1 aliphatic rings. The summed E-state index contributed by atoms with van der Waals surface area (Å²) in [6.07, 6.45) is 5.35. The molecule has 1 rings (SSSR count). The Labute approximate surface area is 58.2 Å². The Morgan fingerprint density at radius 1 is 1.56 bits per heavy atom. The van der Waals surface area contributed by atoms with Crippen LogP contribution in [0, 0.1) is 5.92 Å². The summed E-state index contributed by atoms with van der Waals surface area (Å²) in [6, 6.07) is 0. The van der Waals surface area contributed by atoms with E-state index in [1.807, 2.05) is 0 Å². The quantitative estimate of drug-likeness (QED) is 0.498. The number of rotatable bonds is 2. The van der Waals surface area contributed by atoms with Crippen LogP contribution in [0.4, 0.5) is 0 Å². The molecule has 52 valence electrons. The summed E-state index contributed by atoms with van der Waals surface area (Å²) in [4.78, 5) is 0. The largest absolute Gasteiger partial charge is 0.381 e. The molecule has 0 aromatic rings. The molecule has 1 heterocycles. The maximum absolute atomic E-state index is 5.33. The molecule has 9 heavy (non-hydrogen) atoms. The summed E-state index contributed by atoms with van der Waals surface area (Å²) in [7, 11) is 2.24. The summed E-state index contributed by atoms with van der Waals surface area (Å²) in [6.45, 7) is 2.02. The van der Waals surface area contributed by atoms with Gasteiger partial charge in [0.2, 0.25) is 0 Å². The first-order valence-corrected chi connectivity index (χ1v) is 4.01. The number of ether oxygens (including phenoxy) is 1. The first kappa shape index (κ1) is 7.14. The molecule has 0 aliphatic carbocycles. The molecule has 1 nitrogen and oxygen atoms in total. The molecule has 0 bridgehead atoms. The van der Waals surface area contributed by atoms with Crippen molar-refractivity contribution in [3.8, 4) is 0 Å². The van der Waals surface area contributed by atoms with E-state index < -0.39 is 0 Å². The van der Waals surface area contributed by atoms with Gasteiger partial charge in [-0.1, -0.05) is 12.7 Å². The Balaban J connectivity index is 2.08. The van der Waals surface area contributed by atoms with Gasteiger partial charge in [-0.05, 0) is 18.8 Å². The third kappa shape index (κ3) is 2.40. The fourth-order valence-corrected chi connectivity index (χ4v) is 1.44. The SMILES string of the molecule is BCCC1CCCOC1. The third-order valence-corrected chi connectivity index (χ3v) is 1.95. The van der Waals surface area contributed by atoms with Gasteiger partial charge in [-0.2, -0.15) is 0 Å². The van der Waals surface area contributed by atoms with Gasteiger partial charge in [0.1, 0.15) is 7.85 Å². The van der Waals surface area contributed by atoms with Crippen molar-refractivity contribution in [2.75, 3.05) is 13.2 Å². The van der Waals surface area contributed by atoms with E-state index in [2.05, 4.69) is 7.85 Å². The van der Waals surface area contributed by atoms with Gasteiger partial charge >= 0.3 is 0 Å². The lowest BCUT2D eigenvalue weighted by molar-refractivity contribution is 0.0536. The highest BCUT2D eigenvalue weighted by Gasteiger charge is 2.11. The average Bonchev–Trinajstić information content (AvgIpc) is 1.91. The van der Waals surface area contributed by atoms with Crippen molar-refractivity contribution in [3.63, 3.8) is 0 Å². The van der Waals surface area contributed by atoms with E-state index in [1.54, 1.807) is 0 Å². The maximum Gasteiger partial charge on any atom is 0.101 e. The van der Waals surface area contributed by atoms with Crippen LogP contribution in [0.25, 0.3) is 0 Å². The average molecular weight is 126 g/mol. The molecule has 0 aromatic carbocycles. The van der Waals surface area contributed by atoms with E-state index in [9.17, 15) is 0 Å². The molecule has 0 saturated carbocycles. The van der Waals surface area contributed by atoms with Gasteiger partial charge < -0.3 is 4.74 Å². The third-order valence-electron chi connectivity index (χ3n) is 1.95. The lowest BCUT2D eigenvalue weighted by Gasteiger charge is -2.20. The van der Waals surface area contributed by atoms with Crippen LogP contribution in [-0.2, 0) is 4.74 Å². The summed E-state index contributed by atoms with van der Waals surface area (Å²) >= 11 is 0. The Bertz CT molecular complexity index is 66.6. The van der Waals surface area contributed by atoms with E-state index in [4.69, 9.17) is 4.74 Å². The molecule has 0 spiro atoms. The second-order valence-corrected chi connectivity index (χ2v) is 2.87. The molecule has 0 aromatic heterocycles. The lowest BCUT2D eigenvalue weighted by atomic mass is 9.90. The fraction of sp³-hybridized carbons (Fsp3) is 1.00. The Morgan fingerprint density at radius 2 is 2.44 bits per heavy atom. The van der Waals surface area contributed by atoms with Crippen LogP contribution in [0.1, 0.15) is 19.3 Å². The lowest BCUT2D eigenvalue weighted by Crippen LogP contribution is -2.16. The van der Waals surface area contributed by atoms with Crippen molar-refractivity contribution in [3.05, 3.63) is 0 Å². The predicted molar refractivity (Wildman–Crippen MR) is 41.5 cm³/mol. The molecule has 1 saturated heterocycles. The zero-order valence-electron chi connectivity index (χ0n) is 6.23. The highest BCUT2D eigenvalue weighted by Crippen LogP contribution is 2.17.